The standard InChI is InChI=1S/C25H17N3O3S/c1-30-22-12-16(10-11-21(22)31-15-18-7-3-2-6-17(18)14-26)13-23-24(29)28-20-9-5-4-8-19(20)27-25(28)32-23/h2-13H,15H2,1H3. The van der Waals surface area contributed by atoms with Crippen LogP contribution in [-0.2, 0) is 6.61 Å². The molecule has 0 fully saturated rings. The zero-order valence-corrected chi connectivity index (χ0v) is 17.9. The monoisotopic (exact) mass is 439 g/mol. The molecule has 0 N–H and O–H groups in total. The third kappa shape index (κ3) is 3.47. The summed E-state index contributed by atoms with van der Waals surface area (Å²) in [4.78, 5) is 18.2. The molecule has 0 atom stereocenters. The highest BCUT2D eigenvalue weighted by Crippen LogP contribution is 2.29. The third-order valence-corrected chi connectivity index (χ3v) is 6.12. The van der Waals surface area contributed by atoms with Crippen molar-refractivity contribution in [3.8, 4) is 17.6 Å². The van der Waals surface area contributed by atoms with Crippen LogP contribution in [0.2, 0.25) is 0 Å². The van der Waals surface area contributed by atoms with Crippen LogP contribution in [-0.4, -0.2) is 16.5 Å². The third-order valence-electron chi connectivity index (χ3n) is 5.15. The first kappa shape index (κ1) is 19.8. The Kier molecular flexibility index (Phi) is 5.06. The molecular formula is C25H17N3O3S. The lowest BCUT2D eigenvalue weighted by Crippen LogP contribution is -2.22. The van der Waals surface area contributed by atoms with Crippen molar-refractivity contribution in [3.05, 3.63) is 98.3 Å². The van der Waals surface area contributed by atoms with Crippen LogP contribution in [0.15, 0.2) is 71.5 Å². The number of nitrogens with zero attached hydrogens (tertiary/aromatic N) is 3. The maximum Gasteiger partial charge on any atom is 0.274 e. The predicted molar refractivity (Wildman–Crippen MR) is 124 cm³/mol. The number of benzene rings is 3. The van der Waals surface area contributed by atoms with Gasteiger partial charge in [0.05, 0.1) is 34.3 Å². The summed E-state index contributed by atoms with van der Waals surface area (Å²) in [7, 11) is 1.57. The molecule has 2 aromatic heterocycles. The maximum atomic E-state index is 13.0. The zero-order chi connectivity index (χ0) is 22.1. The Hall–Kier alpha value is -4.15. The highest BCUT2D eigenvalue weighted by Gasteiger charge is 2.11. The fraction of sp³-hybridized carbons (Fsp3) is 0.0800. The second kappa shape index (κ2) is 8.17. The average Bonchev–Trinajstić information content (AvgIpc) is 3.34. The summed E-state index contributed by atoms with van der Waals surface area (Å²) in [5.74, 6) is 1.11. The van der Waals surface area contributed by atoms with Crippen LogP contribution in [0.1, 0.15) is 16.7 Å². The first-order chi connectivity index (χ1) is 15.7. The minimum Gasteiger partial charge on any atom is -0.493 e. The Morgan fingerprint density at radius 1 is 1.09 bits per heavy atom. The molecule has 0 aliphatic carbocycles. The van der Waals surface area contributed by atoms with Crippen molar-refractivity contribution >= 4 is 33.4 Å². The Labute approximate surface area is 187 Å². The highest BCUT2D eigenvalue weighted by atomic mass is 32.1. The molecule has 3 aromatic carbocycles. The van der Waals surface area contributed by atoms with Gasteiger partial charge in [-0.2, -0.15) is 5.26 Å². The minimum atomic E-state index is -0.0916. The number of thiazole rings is 1. The van der Waals surface area contributed by atoms with Gasteiger partial charge in [-0.25, -0.2) is 9.38 Å². The molecule has 6 nitrogen and oxygen atoms in total. The molecule has 7 heteroatoms. The first-order valence-electron chi connectivity index (χ1n) is 9.88. The van der Waals surface area contributed by atoms with Gasteiger partial charge in [-0.05, 0) is 42.0 Å². The molecule has 0 spiro atoms. The molecule has 0 aliphatic heterocycles. The van der Waals surface area contributed by atoms with Crippen LogP contribution < -0.4 is 19.6 Å². The molecule has 0 radical (unpaired) electrons. The Balaban J connectivity index is 1.48. The fourth-order valence-corrected chi connectivity index (χ4v) is 4.55. The van der Waals surface area contributed by atoms with Gasteiger partial charge in [0.2, 0.25) is 0 Å². The van der Waals surface area contributed by atoms with Gasteiger partial charge in [-0.3, -0.25) is 4.79 Å². The van der Waals surface area contributed by atoms with Gasteiger partial charge < -0.3 is 9.47 Å². The lowest BCUT2D eigenvalue weighted by molar-refractivity contribution is 0.284. The van der Waals surface area contributed by atoms with E-state index in [9.17, 15) is 10.1 Å². The zero-order valence-electron chi connectivity index (χ0n) is 17.1. The summed E-state index contributed by atoms with van der Waals surface area (Å²) in [5.41, 5.74) is 3.72. The number of imidazole rings is 1. The molecule has 0 amide bonds. The topological polar surface area (TPSA) is 76.6 Å². The van der Waals surface area contributed by atoms with Gasteiger partial charge >= 0.3 is 0 Å². The molecule has 0 bridgehead atoms. The van der Waals surface area contributed by atoms with Crippen LogP contribution in [0.4, 0.5) is 0 Å². The van der Waals surface area contributed by atoms with Crippen LogP contribution >= 0.6 is 11.3 Å². The van der Waals surface area contributed by atoms with Gasteiger partial charge in [0.15, 0.2) is 16.5 Å². The smallest absolute Gasteiger partial charge is 0.274 e. The molecule has 0 saturated carbocycles. The van der Waals surface area contributed by atoms with Crippen LogP contribution in [0.3, 0.4) is 0 Å². The molecule has 156 valence electrons. The summed E-state index contributed by atoms with van der Waals surface area (Å²) in [6.45, 7) is 0.253. The van der Waals surface area contributed by atoms with Gasteiger partial charge in [0, 0.05) is 5.56 Å². The number of aromatic nitrogens is 2. The molecular weight excluding hydrogens is 422 g/mol. The van der Waals surface area contributed by atoms with E-state index in [2.05, 4.69) is 11.1 Å². The Morgan fingerprint density at radius 2 is 1.91 bits per heavy atom. The van der Waals surface area contributed by atoms with Crippen molar-refractivity contribution in [2.24, 2.45) is 0 Å². The van der Waals surface area contributed by atoms with Crippen LogP contribution in [0.5, 0.6) is 11.5 Å². The van der Waals surface area contributed by atoms with Crippen molar-refractivity contribution in [1.82, 2.24) is 9.38 Å². The van der Waals surface area contributed by atoms with Crippen LogP contribution in [0, 0.1) is 11.3 Å². The lowest BCUT2D eigenvalue weighted by Gasteiger charge is -2.12. The van der Waals surface area contributed by atoms with E-state index in [1.807, 2.05) is 60.7 Å². The van der Waals surface area contributed by atoms with E-state index in [1.54, 1.807) is 23.6 Å². The van der Waals surface area contributed by atoms with Crippen molar-refractivity contribution in [2.75, 3.05) is 7.11 Å². The molecule has 2 heterocycles. The largest absolute Gasteiger partial charge is 0.493 e. The van der Waals surface area contributed by atoms with Crippen LogP contribution in [0.25, 0.3) is 22.1 Å². The number of ether oxygens (including phenoxy) is 2. The number of nitriles is 1. The summed E-state index contributed by atoms with van der Waals surface area (Å²) in [6.07, 6.45) is 1.83. The second-order valence-corrected chi connectivity index (χ2v) is 8.11. The first-order valence-corrected chi connectivity index (χ1v) is 10.7. The number of hydrogen-bond donors (Lipinski definition) is 0. The number of rotatable bonds is 5. The minimum absolute atomic E-state index is 0.0916. The van der Waals surface area contributed by atoms with E-state index >= 15 is 0 Å². The highest BCUT2D eigenvalue weighted by molar-refractivity contribution is 7.15. The summed E-state index contributed by atoms with van der Waals surface area (Å²) in [6, 6.07) is 22.6. The quantitative estimate of drug-likeness (QED) is 0.415. The van der Waals surface area contributed by atoms with E-state index in [0.29, 0.717) is 26.6 Å². The normalized spacial score (nSPS) is 11.7. The number of fused-ring (bicyclic) bond motifs is 3. The van der Waals surface area contributed by atoms with Crippen molar-refractivity contribution in [3.63, 3.8) is 0 Å². The van der Waals surface area contributed by atoms with Crippen molar-refractivity contribution in [1.29, 1.82) is 5.26 Å². The van der Waals surface area contributed by atoms with E-state index in [1.165, 1.54) is 11.3 Å². The number of methoxy groups -OCH3 is 1. The lowest BCUT2D eigenvalue weighted by atomic mass is 10.1. The average molecular weight is 439 g/mol. The molecule has 0 saturated heterocycles. The van der Waals surface area contributed by atoms with Crippen molar-refractivity contribution < 1.29 is 9.47 Å². The van der Waals surface area contributed by atoms with E-state index in [-0.39, 0.29) is 12.2 Å². The maximum absolute atomic E-state index is 13.0. The second-order valence-electron chi connectivity index (χ2n) is 7.10. The SMILES string of the molecule is COc1cc(C=c2sc3nc4ccccc4n3c2=O)ccc1OCc1ccccc1C#N. The number of hydrogen-bond acceptors (Lipinski definition) is 6. The summed E-state index contributed by atoms with van der Waals surface area (Å²) < 4.78 is 13.6. The van der Waals surface area contributed by atoms with Gasteiger partial charge in [-0.15, -0.1) is 0 Å². The molecule has 0 unspecified atom stereocenters. The fourth-order valence-electron chi connectivity index (χ4n) is 3.57. The molecule has 5 rings (SSSR count). The van der Waals surface area contributed by atoms with Gasteiger partial charge in [0.25, 0.3) is 5.56 Å². The van der Waals surface area contributed by atoms with E-state index < -0.39 is 0 Å². The Morgan fingerprint density at radius 3 is 2.75 bits per heavy atom. The van der Waals surface area contributed by atoms with Gasteiger partial charge in [-0.1, -0.05) is 47.7 Å². The Bertz CT molecular complexity index is 1610. The van der Waals surface area contributed by atoms with Gasteiger partial charge in [0.1, 0.15) is 6.61 Å². The molecule has 5 aromatic rings. The summed E-state index contributed by atoms with van der Waals surface area (Å²) in [5, 5.41) is 9.25. The van der Waals surface area contributed by atoms with E-state index in [4.69, 9.17) is 9.47 Å². The predicted octanol–water partition coefficient (Wildman–Crippen LogP) is 3.92. The summed E-state index contributed by atoms with van der Waals surface area (Å²) >= 11 is 1.35. The van der Waals surface area contributed by atoms with Crippen molar-refractivity contribution in [2.45, 2.75) is 6.61 Å². The van der Waals surface area contributed by atoms with E-state index in [0.717, 1.165) is 22.2 Å². The molecule has 0 aliphatic rings. The molecule has 32 heavy (non-hydrogen) atoms. The number of para-hydroxylation sites is 2.